The standard InChI is InChI=1S/C14H21ClO/c1-2-3-4-5-6-7-14(15)12-8-10-13(16)11-9-12/h8-11,14,16H,2-7H2,1H3. The summed E-state index contributed by atoms with van der Waals surface area (Å²) in [5, 5.41) is 9.25. The Labute approximate surface area is 103 Å². The van der Waals surface area contributed by atoms with Gasteiger partial charge in [-0.2, -0.15) is 0 Å². The van der Waals surface area contributed by atoms with Gasteiger partial charge in [0, 0.05) is 0 Å². The molecule has 1 nitrogen and oxygen atoms in total. The van der Waals surface area contributed by atoms with Crippen LogP contribution in [0.3, 0.4) is 0 Å². The summed E-state index contributed by atoms with van der Waals surface area (Å²) in [7, 11) is 0. The maximum atomic E-state index is 9.17. The van der Waals surface area contributed by atoms with E-state index in [1.807, 2.05) is 12.1 Å². The van der Waals surface area contributed by atoms with Crippen LogP contribution in [0.2, 0.25) is 0 Å². The van der Waals surface area contributed by atoms with Crippen molar-refractivity contribution < 1.29 is 5.11 Å². The predicted octanol–water partition coefficient (Wildman–Crippen LogP) is 5.03. The highest BCUT2D eigenvalue weighted by molar-refractivity contribution is 6.20. The summed E-state index contributed by atoms with van der Waals surface area (Å²) >= 11 is 6.29. The molecular formula is C14H21ClO. The fourth-order valence-corrected chi connectivity index (χ4v) is 2.08. The maximum absolute atomic E-state index is 9.17. The van der Waals surface area contributed by atoms with Crippen molar-refractivity contribution in [1.29, 1.82) is 0 Å². The lowest BCUT2D eigenvalue weighted by molar-refractivity contribution is 0.475. The lowest BCUT2D eigenvalue weighted by Gasteiger charge is -2.09. The highest BCUT2D eigenvalue weighted by Crippen LogP contribution is 2.27. The molecule has 0 aliphatic heterocycles. The van der Waals surface area contributed by atoms with E-state index in [0.717, 1.165) is 12.0 Å². The summed E-state index contributed by atoms with van der Waals surface area (Å²) in [6.45, 7) is 2.22. The number of hydrogen-bond acceptors (Lipinski definition) is 1. The fraction of sp³-hybridized carbons (Fsp3) is 0.571. The molecule has 0 amide bonds. The Morgan fingerprint density at radius 3 is 2.31 bits per heavy atom. The van der Waals surface area contributed by atoms with Gasteiger partial charge in [-0.15, -0.1) is 11.6 Å². The van der Waals surface area contributed by atoms with Crippen molar-refractivity contribution in [3.8, 4) is 5.75 Å². The molecule has 0 bridgehead atoms. The number of alkyl halides is 1. The molecule has 2 heteroatoms. The van der Waals surface area contributed by atoms with Crippen molar-refractivity contribution in [2.24, 2.45) is 0 Å². The van der Waals surface area contributed by atoms with Crippen LogP contribution in [-0.4, -0.2) is 5.11 Å². The summed E-state index contributed by atoms with van der Waals surface area (Å²) in [4.78, 5) is 0. The highest BCUT2D eigenvalue weighted by atomic mass is 35.5. The zero-order chi connectivity index (χ0) is 11.8. The van der Waals surface area contributed by atoms with Gasteiger partial charge in [0.25, 0.3) is 0 Å². The summed E-state index contributed by atoms with van der Waals surface area (Å²) in [6.07, 6.45) is 7.41. The van der Waals surface area contributed by atoms with Crippen molar-refractivity contribution in [2.75, 3.05) is 0 Å². The third-order valence-electron chi connectivity index (χ3n) is 2.82. The predicted molar refractivity (Wildman–Crippen MR) is 70.1 cm³/mol. The van der Waals surface area contributed by atoms with E-state index < -0.39 is 0 Å². The molecule has 0 aliphatic carbocycles. The zero-order valence-electron chi connectivity index (χ0n) is 9.95. The SMILES string of the molecule is CCCCCCCC(Cl)c1ccc(O)cc1. The van der Waals surface area contributed by atoms with Gasteiger partial charge in [0.05, 0.1) is 5.38 Å². The van der Waals surface area contributed by atoms with E-state index in [4.69, 9.17) is 16.7 Å². The van der Waals surface area contributed by atoms with Crippen LogP contribution in [0, 0.1) is 0 Å². The van der Waals surface area contributed by atoms with E-state index in [1.54, 1.807) is 12.1 Å². The molecule has 90 valence electrons. The molecule has 0 spiro atoms. The lowest BCUT2D eigenvalue weighted by atomic mass is 10.0. The molecule has 1 aromatic rings. The van der Waals surface area contributed by atoms with Gasteiger partial charge in [0.1, 0.15) is 5.75 Å². The summed E-state index contributed by atoms with van der Waals surface area (Å²) < 4.78 is 0. The van der Waals surface area contributed by atoms with Crippen LogP contribution in [0.25, 0.3) is 0 Å². The van der Waals surface area contributed by atoms with Gasteiger partial charge in [-0.05, 0) is 24.1 Å². The topological polar surface area (TPSA) is 20.2 Å². The number of hydrogen-bond donors (Lipinski definition) is 1. The number of benzene rings is 1. The van der Waals surface area contributed by atoms with Crippen molar-refractivity contribution in [2.45, 2.75) is 50.8 Å². The first-order chi connectivity index (χ1) is 7.74. The third kappa shape index (κ3) is 4.89. The van der Waals surface area contributed by atoms with Gasteiger partial charge in [-0.3, -0.25) is 0 Å². The molecular weight excluding hydrogens is 220 g/mol. The van der Waals surface area contributed by atoms with Gasteiger partial charge in [0.2, 0.25) is 0 Å². The van der Waals surface area contributed by atoms with Gasteiger partial charge >= 0.3 is 0 Å². The highest BCUT2D eigenvalue weighted by Gasteiger charge is 2.06. The molecule has 0 radical (unpaired) electrons. The second-order valence-electron chi connectivity index (χ2n) is 4.26. The molecule has 1 rings (SSSR count). The minimum Gasteiger partial charge on any atom is -0.508 e. The molecule has 0 aromatic heterocycles. The van der Waals surface area contributed by atoms with Crippen LogP contribution in [0.1, 0.15) is 56.4 Å². The van der Waals surface area contributed by atoms with Gasteiger partial charge < -0.3 is 5.11 Å². The summed E-state index contributed by atoms with van der Waals surface area (Å²) in [5.74, 6) is 0.301. The first kappa shape index (κ1) is 13.4. The maximum Gasteiger partial charge on any atom is 0.115 e. The number of rotatable bonds is 7. The van der Waals surface area contributed by atoms with Crippen LogP contribution in [0.5, 0.6) is 5.75 Å². The van der Waals surface area contributed by atoms with Crippen LogP contribution >= 0.6 is 11.6 Å². The van der Waals surface area contributed by atoms with E-state index in [1.165, 1.54) is 32.1 Å². The van der Waals surface area contributed by atoms with Gasteiger partial charge in [-0.1, -0.05) is 51.2 Å². The zero-order valence-corrected chi connectivity index (χ0v) is 10.7. The summed E-state index contributed by atoms with van der Waals surface area (Å²) in [6, 6.07) is 7.20. The number of phenolic OH excluding ortho intramolecular Hbond substituents is 1. The monoisotopic (exact) mass is 240 g/mol. The van der Waals surface area contributed by atoms with Crippen molar-refractivity contribution in [1.82, 2.24) is 0 Å². The number of unbranched alkanes of at least 4 members (excludes halogenated alkanes) is 4. The Balaban J connectivity index is 2.24. The summed E-state index contributed by atoms with van der Waals surface area (Å²) in [5.41, 5.74) is 1.11. The Morgan fingerprint density at radius 1 is 1.06 bits per heavy atom. The molecule has 16 heavy (non-hydrogen) atoms. The average molecular weight is 241 g/mol. The van der Waals surface area contributed by atoms with E-state index in [9.17, 15) is 0 Å². The Hall–Kier alpha value is -0.690. The van der Waals surface area contributed by atoms with E-state index >= 15 is 0 Å². The van der Waals surface area contributed by atoms with Crippen LogP contribution in [0.15, 0.2) is 24.3 Å². The smallest absolute Gasteiger partial charge is 0.115 e. The number of phenols is 1. The second-order valence-corrected chi connectivity index (χ2v) is 4.79. The van der Waals surface area contributed by atoms with Gasteiger partial charge in [0.15, 0.2) is 0 Å². The van der Waals surface area contributed by atoms with Crippen LogP contribution in [-0.2, 0) is 0 Å². The number of aromatic hydroxyl groups is 1. The van der Waals surface area contributed by atoms with E-state index in [0.29, 0.717) is 5.75 Å². The normalized spacial score (nSPS) is 12.6. The Morgan fingerprint density at radius 2 is 1.69 bits per heavy atom. The first-order valence-electron chi connectivity index (χ1n) is 6.17. The largest absolute Gasteiger partial charge is 0.508 e. The Bertz CT molecular complexity index is 281. The van der Waals surface area contributed by atoms with E-state index in [2.05, 4.69) is 6.92 Å². The molecule has 1 aromatic carbocycles. The minimum absolute atomic E-state index is 0.0854. The molecule has 0 aliphatic rings. The Kier molecular flexibility index (Phi) is 6.32. The van der Waals surface area contributed by atoms with Crippen LogP contribution in [0.4, 0.5) is 0 Å². The molecule has 0 saturated carbocycles. The molecule has 0 saturated heterocycles. The average Bonchev–Trinajstić information content (AvgIpc) is 2.29. The molecule has 0 fully saturated rings. The molecule has 1 atom stereocenters. The molecule has 0 heterocycles. The minimum atomic E-state index is 0.0854. The number of halogens is 1. The van der Waals surface area contributed by atoms with Crippen molar-refractivity contribution in [3.05, 3.63) is 29.8 Å². The van der Waals surface area contributed by atoms with Gasteiger partial charge in [-0.25, -0.2) is 0 Å². The fourth-order valence-electron chi connectivity index (χ4n) is 1.78. The second kappa shape index (κ2) is 7.56. The molecule has 1 N–H and O–H groups in total. The lowest BCUT2D eigenvalue weighted by Crippen LogP contribution is -1.90. The van der Waals surface area contributed by atoms with E-state index in [-0.39, 0.29) is 5.38 Å². The van der Waals surface area contributed by atoms with Crippen molar-refractivity contribution >= 4 is 11.6 Å². The van der Waals surface area contributed by atoms with Crippen molar-refractivity contribution in [3.63, 3.8) is 0 Å². The first-order valence-corrected chi connectivity index (χ1v) is 6.60. The van der Waals surface area contributed by atoms with Crippen LogP contribution < -0.4 is 0 Å². The third-order valence-corrected chi connectivity index (χ3v) is 3.29. The quantitative estimate of drug-likeness (QED) is 0.523. The molecule has 1 unspecified atom stereocenters.